The van der Waals surface area contributed by atoms with E-state index in [-0.39, 0.29) is 37.4 Å². The molecule has 33 heavy (non-hydrogen) atoms. The molecule has 0 heterocycles. The zero-order valence-corrected chi connectivity index (χ0v) is 19.4. The molecule has 2 aromatic rings. The van der Waals surface area contributed by atoms with E-state index in [1.54, 1.807) is 14.0 Å². The fraction of sp³-hybridized carbons (Fsp3) is 0.423. The smallest absolute Gasteiger partial charge is 0.407 e. The second-order valence-electron chi connectivity index (χ2n) is 8.67. The van der Waals surface area contributed by atoms with Crippen LogP contribution in [0.3, 0.4) is 0 Å². The van der Waals surface area contributed by atoms with Crippen molar-refractivity contribution in [1.29, 1.82) is 0 Å². The predicted molar refractivity (Wildman–Crippen MR) is 126 cm³/mol. The maximum Gasteiger partial charge on any atom is 0.407 e. The number of hydrogen-bond donors (Lipinski definition) is 2. The number of rotatable bonds is 10. The van der Waals surface area contributed by atoms with Crippen molar-refractivity contribution in [2.24, 2.45) is 5.92 Å². The standard InChI is InChI=1S/C26H32N2O5/c1-4-9-18(14-24(29)28(3)15-17(2)25(30)31)27-26(32)33-16-23-21-12-7-5-10-19(21)20-11-6-8-13-22(20)23/h5-8,10-13,17-18,23H,4,9,14-16H2,1-3H3,(H,27,32)(H,30,31)/t17?,18-/m1/s1. The van der Waals surface area contributed by atoms with Crippen LogP contribution in [-0.4, -0.2) is 54.2 Å². The lowest BCUT2D eigenvalue weighted by Gasteiger charge is -2.23. The summed E-state index contributed by atoms with van der Waals surface area (Å²) < 4.78 is 5.60. The van der Waals surface area contributed by atoms with Crippen molar-refractivity contribution in [3.8, 4) is 11.1 Å². The van der Waals surface area contributed by atoms with Gasteiger partial charge in [0.15, 0.2) is 0 Å². The van der Waals surface area contributed by atoms with E-state index in [9.17, 15) is 14.4 Å². The monoisotopic (exact) mass is 452 g/mol. The lowest BCUT2D eigenvalue weighted by molar-refractivity contribution is -0.142. The first-order chi connectivity index (χ1) is 15.8. The van der Waals surface area contributed by atoms with Gasteiger partial charge in [0.05, 0.1) is 5.92 Å². The van der Waals surface area contributed by atoms with Crippen molar-refractivity contribution in [3.05, 3.63) is 59.7 Å². The number of carboxylic acid groups (broad SMARTS) is 1. The van der Waals surface area contributed by atoms with Crippen molar-refractivity contribution < 1.29 is 24.2 Å². The highest BCUT2D eigenvalue weighted by atomic mass is 16.5. The minimum absolute atomic E-state index is 0.0296. The molecule has 1 aliphatic carbocycles. The summed E-state index contributed by atoms with van der Waals surface area (Å²) in [6.45, 7) is 3.87. The highest BCUT2D eigenvalue weighted by Crippen LogP contribution is 2.44. The number of alkyl carbamates (subject to hydrolysis) is 1. The Balaban J connectivity index is 1.58. The lowest BCUT2D eigenvalue weighted by atomic mass is 9.98. The quantitative estimate of drug-likeness (QED) is 0.561. The van der Waals surface area contributed by atoms with Crippen molar-refractivity contribution >= 4 is 18.0 Å². The van der Waals surface area contributed by atoms with Gasteiger partial charge in [0.2, 0.25) is 5.91 Å². The topological polar surface area (TPSA) is 95.9 Å². The molecule has 0 saturated heterocycles. The Morgan fingerprint density at radius 3 is 2.18 bits per heavy atom. The van der Waals surface area contributed by atoms with Crippen LogP contribution in [0.2, 0.25) is 0 Å². The van der Waals surface area contributed by atoms with E-state index >= 15 is 0 Å². The third-order valence-corrected chi connectivity index (χ3v) is 6.12. The molecule has 0 aliphatic heterocycles. The number of nitrogens with one attached hydrogen (secondary N) is 1. The molecule has 0 spiro atoms. The van der Waals surface area contributed by atoms with E-state index in [1.165, 1.54) is 4.90 Å². The number of aliphatic carboxylic acids is 1. The van der Waals surface area contributed by atoms with Crippen molar-refractivity contribution in [2.75, 3.05) is 20.2 Å². The minimum atomic E-state index is -0.948. The van der Waals surface area contributed by atoms with Crippen LogP contribution in [0, 0.1) is 5.92 Å². The van der Waals surface area contributed by atoms with Crippen LogP contribution in [0.25, 0.3) is 11.1 Å². The van der Waals surface area contributed by atoms with E-state index in [2.05, 4.69) is 29.6 Å². The summed E-state index contributed by atoms with van der Waals surface area (Å²) in [5.74, 6) is -1.84. The fourth-order valence-electron chi connectivity index (χ4n) is 4.34. The Morgan fingerprint density at radius 2 is 1.64 bits per heavy atom. The molecule has 3 rings (SSSR count). The number of fused-ring (bicyclic) bond motifs is 3. The summed E-state index contributed by atoms with van der Waals surface area (Å²) in [7, 11) is 1.58. The third kappa shape index (κ3) is 5.92. The number of ether oxygens (including phenoxy) is 1. The molecule has 7 nitrogen and oxygen atoms in total. The minimum Gasteiger partial charge on any atom is -0.481 e. The van der Waals surface area contributed by atoms with Gasteiger partial charge >= 0.3 is 12.1 Å². The van der Waals surface area contributed by atoms with E-state index in [0.29, 0.717) is 6.42 Å². The number of carbonyl (C=O) groups is 3. The third-order valence-electron chi connectivity index (χ3n) is 6.12. The van der Waals surface area contributed by atoms with Gasteiger partial charge in [-0.2, -0.15) is 0 Å². The molecule has 2 amide bonds. The maximum absolute atomic E-state index is 12.6. The normalized spacial score (nSPS) is 14.0. The van der Waals surface area contributed by atoms with Crippen LogP contribution in [-0.2, 0) is 14.3 Å². The molecule has 2 aromatic carbocycles. The average Bonchev–Trinajstić information content (AvgIpc) is 3.11. The molecule has 0 fully saturated rings. The van der Waals surface area contributed by atoms with E-state index in [4.69, 9.17) is 9.84 Å². The first-order valence-electron chi connectivity index (χ1n) is 11.4. The van der Waals surface area contributed by atoms with Crippen LogP contribution in [0.1, 0.15) is 50.2 Å². The summed E-state index contributed by atoms with van der Waals surface area (Å²) >= 11 is 0. The SMILES string of the molecule is CCC[C@H](CC(=O)N(C)CC(C)C(=O)O)NC(=O)OCC1c2ccccc2-c2ccccc21. The van der Waals surface area contributed by atoms with Gasteiger partial charge in [0.1, 0.15) is 6.61 Å². The van der Waals surface area contributed by atoms with Gasteiger partial charge in [-0.25, -0.2) is 4.79 Å². The molecular formula is C26H32N2O5. The Bertz CT molecular complexity index is 960. The number of amides is 2. The van der Waals surface area contributed by atoms with Crippen molar-refractivity contribution in [3.63, 3.8) is 0 Å². The Kier molecular flexibility index (Phi) is 8.09. The first kappa shape index (κ1) is 24.3. The molecule has 1 aliphatic rings. The molecule has 2 atom stereocenters. The highest BCUT2D eigenvalue weighted by molar-refractivity contribution is 5.80. The number of hydrogen-bond acceptors (Lipinski definition) is 4. The fourth-order valence-corrected chi connectivity index (χ4v) is 4.34. The van der Waals surface area contributed by atoms with E-state index < -0.39 is 18.0 Å². The van der Waals surface area contributed by atoms with Gasteiger partial charge in [0.25, 0.3) is 0 Å². The van der Waals surface area contributed by atoms with E-state index in [1.807, 2.05) is 31.2 Å². The first-order valence-corrected chi connectivity index (χ1v) is 11.4. The lowest BCUT2D eigenvalue weighted by Crippen LogP contribution is -2.41. The van der Waals surface area contributed by atoms with Crippen LogP contribution in [0.15, 0.2) is 48.5 Å². The van der Waals surface area contributed by atoms with Gasteiger partial charge in [-0.3, -0.25) is 9.59 Å². The zero-order valence-electron chi connectivity index (χ0n) is 19.4. The molecule has 2 N–H and O–H groups in total. The summed E-state index contributed by atoms with van der Waals surface area (Å²) in [6.07, 6.45) is 0.959. The van der Waals surface area contributed by atoms with Crippen LogP contribution >= 0.6 is 0 Å². The number of nitrogens with zero attached hydrogens (tertiary/aromatic N) is 1. The van der Waals surface area contributed by atoms with Crippen LogP contribution in [0.5, 0.6) is 0 Å². The average molecular weight is 453 g/mol. The number of carbonyl (C=O) groups excluding carboxylic acids is 2. The summed E-state index contributed by atoms with van der Waals surface area (Å²) in [5, 5.41) is 11.9. The summed E-state index contributed by atoms with van der Waals surface area (Å²) in [5.41, 5.74) is 4.60. The number of benzene rings is 2. The molecule has 0 bridgehead atoms. The van der Waals surface area contributed by atoms with Gasteiger partial charge < -0.3 is 20.1 Å². The highest BCUT2D eigenvalue weighted by Gasteiger charge is 2.29. The van der Waals surface area contributed by atoms with Crippen LogP contribution < -0.4 is 5.32 Å². The second-order valence-corrected chi connectivity index (χ2v) is 8.67. The molecule has 176 valence electrons. The Morgan fingerprint density at radius 1 is 1.06 bits per heavy atom. The van der Waals surface area contributed by atoms with Gasteiger partial charge in [-0.15, -0.1) is 0 Å². The largest absolute Gasteiger partial charge is 0.481 e. The van der Waals surface area contributed by atoms with Crippen LogP contribution in [0.4, 0.5) is 4.79 Å². The molecule has 1 unspecified atom stereocenters. The predicted octanol–water partition coefficient (Wildman–Crippen LogP) is 4.26. The molecule has 0 aromatic heterocycles. The maximum atomic E-state index is 12.6. The van der Waals surface area contributed by atoms with Gasteiger partial charge in [0, 0.05) is 32.0 Å². The van der Waals surface area contributed by atoms with Crippen molar-refractivity contribution in [1.82, 2.24) is 10.2 Å². The van der Waals surface area contributed by atoms with Crippen molar-refractivity contribution in [2.45, 2.75) is 45.1 Å². The summed E-state index contributed by atoms with van der Waals surface area (Å²) in [4.78, 5) is 37.6. The Labute approximate surface area is 194 Å². The second kappa shape index (κ2) is 11.0. The molecule has 0 radical (unpaired) electrons. The zero-order chi connectivity index (χ0) is 24.0. The molecular weight excluding hydrogens is 420 g/mol. The molecule has 0 saturated carbocycles. The Hall–Kier alpha value is -3.35. The molecule has 7 heteroatoms. The summed E-state index contributed by atoms with van der Waals surface area (Å²) in [6, 6.07) is 15.9. The van der Waals surface area contributed by atoms with Gasteiger partial charge in [-0.05, 0) is 28.7 Å². The van der Waals surface area contributed by atoms with E-state index in [0.717, 1.165) is 28.7 Å². The number of carboxylic acids is 1. The van der Waals surface area contributed by atoms with Gasteiger partial charge in [-0.1, -0.05) is 68.8 Å².